The van der Waals surface area contributed by atoms with Gasteiger partial charge in [-0.1, -0.05) is 30.0 Å². The molecule has 0 bridgehead atoms. The molecule has 0 saturated heterocycles. The lowest BCUT2D eigenvalue weighted by atomic mass is 10.2. The van der Waals surface area contributed by atoms with E-state index in [0.717, 1.165) is 15.9 Å². The van der Waals surface area contributed by atoms with Crippen molar-refractivity contribution >= 4 is 34.4 Å². The zero-order valence-corrected chi connectivity index (χ0v) is 15.7. The van der Waals surface area contributed by atoms with E-state index in [-0.39, 0.29) is 5.82 Å². The fourth-order valence-corrected chi connectivity index (χ4v) is 4.89. The molecule has 3 aromatic heterocycles. The average molecular weight is 389 g/mol. The average Bonchev–Trinajstić information content (AvgIpc) is 3.35. The van der Waals surface area contributed by atoms with Gasteiger partial charge < -0.3 is 4.57 Å². The zero-order chi connectivity index (χ0) is 17.2. The molecule has 0 radical (unpaired) electrons. The summed E-state index contributed by atoms with van der Waals surface area (Å²) in [4.78, 5) is 5.85. The SMILES string of the molecule is Cn1c(SCc2csc(-c3cccs3)n2)nnc1-c1ccccc1F. The van der Waals surface area contributed by atoms with E-state index in [1.807, 2.05) is 17.7 Å². The Morgan fingerprint density at radius 1 is 1.12 bits per heavy atom. The van der Waals surface area contributed by atoms with E-state index in [2.05, 4.69) is 32.0 Å². The van der Waals surface area contributed by atoms with Gasteiger partial charge in [0.2, 0.25) is 0 Å². The maximum absolute atomic E-state index is 14.0. The quantitative estimate of drug-likeness (QED) is 0.446. The minimum atomic E-state index is -0.297. The summed E-state index contributed by atoms with van der Waals surface area (Å²) in [5.41, 5.74) is 1.46. The first kappa shape index (κ1) is 16.4. The molecular weight excluding hydrogens is 375 g/mol. The highest BCUT2D eigenvalue weighted by Gasteiger charge is 2.15. The van der Waals surface area contributed by atoms with Crippen molar-refractivity contribution in [3.8, 4) is 21.3 Å². The summed E-state index contributed by atoms with van der Waals surface area (Å²) in [5, 5.41) is 14.2. The Kier molecular flexibility index (Phi) is 4.65. The van der Waals surface area contributed by atoms with Crippen molar-refractivity contribution in [3.05, 3.63) is 58.7 Å². The van der Waals surface area contributed by atoms with Crippen LogP contribution in [0.1, 0.15) is 5.69 Å². The number of thiazole rings is 1. The lowest BCUT2D eigenvalue weighted by molar-refractivity contribution is 0.628. The summed E-state index contributed by atoms with van der Waals surface area (Å²) >= 11 is 4.88. The normalized spacial score (nSPS) is 11.1. The second kappa shape index (κ2) is 7.07. The van der Waals surface area contributed by atoms with Crippen LogP contribution < -0.4 is 0 Å². The number of benzene rings is 1. The molecule has 25 heavy (non-hydrogen) atoms. The van der Waals surface area contributed by atoms with Gasteiger partial charge in [0, 0.05) is 18.2 Å². The highest BCUT2D eigenvalue weighted by molar-refractivity contribution is 7.98. The van der Waals surface area contributed by atoms with E-state index >= 15 is 0 Å². The van der Waals surface area contributed by atoms with E-state index < -0.39 is 0 Å². The molecule has 3 heterocycles. The molecule has 0 unspecified atom stereocenters. The Hall–Kier alpha value is -2.03. The van der Waals surface area contributed by atoms with E-state index in [1.54, 1.807) is 52.6 Å². The summed E-state index contributed by atoms with van der Waals surface area (Å²) < 4.78 is 15.8. The van der Waals surface area contributed by atoms with Crippen LogP contribution in [-0.2, 0) is 12.8 Å². The predicted molar refractivity (Wildman–Crippen MR) is 101 cm³/mol. The second-order valence-corrected chi connectivity index (χ2v) is 8.00. The molecule has 0 spiro atoms. The number of aromatic nitrogens is 4. The number of thioether (sulfide) groups is 1. The van der Waals surface area contributed by atoms with Gasteiger partial charge in [-0.15, -0.1) is 32.9 Å². The molecule has 0 fully saturated rings. The van der Waals surface area contributed by atoms with Gasteiger partial charge in [-0.25, -0.2) is 9.37 Å². The summed E-state index contributed by atoms with van der Waals surface area (Å²) in [7, 11) is 1.85. The fourth-order valence-electron chi connectivity index (χ4n) is 2.34. The van der Waals surface area contributed by atoms with E-state index in [9.17, 15) is 4.39 Å². The number of halogens is 1. The maximum atomic E-state index is 14.0. The van der Waals surface area contributed by atoms with Gasteiger partial charge in [0.25, 0.3) is 0 Å². The third-order valence-corrected chi connectivity index (χ3v) is 6.57. The number of nitrogens with zero attached hydrogens (tertiary/aromatic N) is 4. The Morgan fingerprint density at radius 2 is 2.00 bits per heavy atom. The second-order valence-electron chi connectivity index (χ2n) is 5.26. The lowest BCUT2D eigenvalue weighted by Crippen LogP contribution is -1.96. The van der Waals surface area contributed by atoms with Gasteiger partial charge >= 0.3 is 0 Å². The monoisotopic (exact) mass is 388 g/mol. The minimum Gasteiger partial charge on any atom is -0.305 e. The highest BCUT2D eigenvalue weighted by Crippen LogP contribution is 2.31. The van der Waals surface area contributed by atoms with Crippen molar-refractivity contribution in [2.24, 2.45) is 7.05 Å². The van der Waals surface area contributed by atoms with E-state index in [4.69, 9.17) is 0 Å². The molecule has 0 amide bonds. The van der Waals surface area contributed by atoms with Crippen LogP contribution in [0, 0.1) is 5.82 Å². The van der Waals surface area contributed by atoms with E-state index in [1.165, 1.54) is 10.9 Å². The van der Waals surface area contributed by atoms with Crippen LogP contribution in [0.25, 0.3) is 21.3 Å². The third-order valence-electron chi connectivity index (χ3n) is 3.58. The van der Waals surface area contributed by atoms with Gasteiger partial charge in [-0.3, -0.25) is 0 Å². The van der Waals surface area contributed by atoms with Crippen LogP contribution in [0.4, 0.5) is 4.39 Å². The summed E-state index contributed by atoms with van der Waals surface area (Å²) in [5.74, 6) is 0.929. The summed E-state index contributed by atoms with van der Waals surface area (Å²) in [6, 6.07) is 10.7. The maximum Gasteiger partial charge on any atom is 0.191 e. The van der Waals surface area contributed by atoms with Crippen LogP contribution in [0.15, 0.2) is 52.3 Å². The molecule has 4 rings (SSSR count). The number of hydrogen-bond donors (Lipinski definition) is 0. The lowest BCUT2D eigenvalue weighted by Gasteiger charge is -2.04. The molecule has 0 aliphatic heterocycles. The van der Waals surface area contributed by atoms with Gasteiger partial charge in [-0.2, -0.15) is 0 Å². The molecule has 0 aliphatic carbocycles. The standard InChI is InChI=1S/C17H13FN4S3/c1-22-15(12-5-2-3-6-13(12)18)20-21-17(22)25-10-11-9-24-16(19-11)14-7-4-8-23-14/h2-9H,10H2,1H3. The van der Waals surface area contributed by atoms with Gasteiger partial charge in [0.15, 0.2) is 11.0 Å². The molecule has 0 saturated carbocycles. The molecule has 0 N–H and O–H groups in total. The minimum absolute atomic E-state index is 0.297. The first-order valence-electron chi connectivity index (χ1n) is 7.48. The molecule has 0 aliphatic rings. The van der Waals surface area contributed by atoms with Crippen LogP contribution >= 0.6 is 34.4 Å². The molecule has 8 heteroatoms. The Morgan fingerprint density at radius 3 is 2.80 bits per heavy atom. The molecule has 0 atom stereocenters. The zero-order valence-electron chi connectivity index (χ0n) is 13.2. The number of thiophene rings is 1. The largest absolute Gasteiger partial charge is 0.305 e. The summed E-state index contributed by atoms with van der Waals surface area (Å²) in [6.45, 7) is 0. The van der Waals surface area contributed by atoms with Crippen molar-refractivity contribution in [1.82, 2.24) is 19.7 Å². The Labute approximate surface area is 156 Å². The van der Waals surface area contributed by atoms with Crippen molar-refractivity contribution in [3.63, 3.8) is 0 Å². The molecular formula is C17H13FN4S3. The van der Waals surface area contributed by atoms with E-state index in [0.29, 0.717) is 17.1 Å². The molecule has 4 aromatic rings. The van der Waals surface area contributed by atoms with Crippen molar-refractivity contribution < 1.29 is 4.39 Å². The topological polar surface area (TPSA) is 43.6 Å². The number of rotatable bonds is 5. The Bertz CT molecular complexity index is 991. The van der Waals surface area contributed by atoms with Crippen LogP contribution in [0.2, 0.25) is 0 Å². The van der Waals surface area contributed by atoms with Crippen LogP contribution in [0.3, 0.4) is 0 Å². The van der Waals surface area contributed by atoms with Crippen LogP contribution in [-0.4, -0.2) is 19.7 Å². The predicted octanol–water partition coefficient (Wildman–Crippen LogP) is 5.10. The van der Waals surface area contributed by atoms with Gasteiger partial charge in [-0.05, 0) is 23.6 Å². The first-order chi connectivity index (χ1) is 12.2. The smallest absolute Gasteiger partial charge is 0.191 e. The molecule has 1 aromatic carbocycles. The third kappa shape index (κ3) is 3.37. The van der Waals surface area contributed by atoms with Crippen LogP contribution in [0.5, 0.6) is 0 Å². The summed E-state index contributed by atoms with van der Waals surface area (Å²) in [6.07, 6.45) is 0. The number of hydrogen-bond acceptors (Lipinski definition) is 6. The molecule has 126 valence electrons. The van der Waals surface area contributed by atoms with Crippen molar-refractivity contribution in [2.45, 2.75) is 10.9 Å². The Balaban J connectivity index is 1.50. The van der Waals surface area contributed by atoms with Crippen molar-refractivity contribution in [2.75, 3.05) is 0 Å². The van der Waals surface area contributed by atoms with Crippen molar-refractivity contribution in [1.29, 1.82) is 0 Å². The molecule has 4 nitrogen and oxygen atoms in total. The fraction of sp³-hybridized carbons (Fsp3) is 0.118. The highest BCUT2D eigenvalue weighted by atomic mass is 32.2. The van der Waals surface area contributed by atoms with Gasteiger partial charge in [0.05, 0.1) is 16.1 Å². The van der Waals surface area contributed by atoms with Gasteiger partial charge in [0.1, 0.15) is 10.8 Å². The first-order valence-corrected chi connectivity index (χ1v) is 10.2.